The summed E-state index contributed by atoms with van der Waals surface area (Å²) in [7, 11) is 6.46. The third-order valence-electron chi connectivity index (χ3n) is 33.9. The van der Waals surface area contributed by atoms with E-state index in [1.54, 1.807) is 0 Å². The Morgan fingerprint density at radius 2 is 0.465 bits per heavy atom. The van der Waals surface area contributed by atoms with E-state index < -0.39 is 10.8 Å². The number of hydrogen-bond acceptors (Lipinski definition) is 6. The van der Waals surface area contributed by atoms with Gasteiger partial charge in [-0.2, -0.15) is 0 Å². The van der Waals surface area contributed by atoms with Crippen LogP contribution in [-0.2, 0) is 16.2 Å². The molecule has 0 saturated carbocycles. The summed E-state index contributed by atoms with van der Waals surface area (Å²) in [5, 5.41) is 7.74. The normalized spacial score (nSPS) is 19.0. The summed E-state index contributed by atoms with van der Waals surface area (Å²) in [5.41, 5.74) is 45.1. The Bertz CT molecular complexity index is 9370. The average Bonchev–Trinajstić information content (AvgIpc) is 1.55. The summed E-state index contributed by atoms with van der Waals surface area (Å²) in [6, 6.07) is 152. The lowest BCUT2D eigenvalue weighted by Crippen LogP contribution is -2.35. The Morgan fingerprint density at radius 3 is 0.882 bits per heavy atom. The fourth-order valence-electron chi connectivity index (χ4n) is 27.8. The predicted octanol–water partition coefficient (Wildman–Crippen LogP) is 29.0. The maximum absolute atomic E-state index is 5.09. The van der Waals surface area contributed by atoms with Crippen LogP contribution in [0.1, 0.15) is 83.5 Å². The molecule has 12 aliphatic rings. The predicted molar refractivity (Wildman–Crippen MR) is 592 cm³/mol. The molecule has 144 heavy (non-hydrogen) atoms. The van der Waals surface area contributed by atoms with E-state index in [9.17, 15) is 0 Å². The molecule has 0 radical (unpaired) electrons. The Balaban J connectivity index is 0.0000000986. The van der Waals surface area contributed by atoms with E-state index in [1.807, 2.05) is 0 Å². The topological polar surface area (TPSA) is 61.6 Å². The molecule has 6 aliphatic heterocycles. The second kappa shape index (κ2) is 30.4. The van der Waals surface area contributed by atoms with Gasteiger partial charge in [0.25, 0.3) is 0 Å². The Morgan fingerprint density at radius 1 is 0.188 bits per heavy atom. The van der Waals surface area contributed by atoms with Crippen LogP contribution >= 0.6 is 0 Å². The van der Waals surface area contributed by atoms with Crippen molar-refractivity contribution in [2.45, 2.75) is 52.5 Å². The van der Waals surface area contributed by atoms with Crippen LogP contribution in [0.3, 0.4) is 0 Å². The van der Waals surface area contributed by atoms with Crippen molar-refractivity contribution in [1.82, 2.24) is 28.4 Å². The van der Waals surface area contributed by atoms with Crippen molar-refractivity contribution in [3.63, 3.8) is 0 Å². The minimum Gasteiger partial charge on any atom is -0.351 e. The van der Waals surface area contributed by atoms with Gasteiger partial charge >= 0.3 is 0 Å². The highest BCUT2D eigenvalue weighted by Crippen LogP contribution is 2.66. The Labute approximate surface area is 834 Å². The van der Waals surface area contributed by atoms with Crippen molar-refractivity contribution in [1.29, 1.82) is 0 Å². The van der Waals surface area contributed by atoms with Crippen LogP contribution in [0.15, 0.2) is 488 Å². The van der Waals surface area contributed by atoms with E-state index in [0.717, 1.165) is 34.2 Å². The quantitative estimate of drug-likeness (QED) is 0.167. The first kappa shape index (κ1) is 81.1. The van der Waals surface area contributed by atoms with Gasteiger partial charge in [0, 0.05) is 70.2 Å². The fourth-order valence-corrected chi connectivity index (χ4v) is 27.8. The zero-order valence-electron chi connectivity index (χ0n) is 79.5. The molecule has 33 rings (SSSR count). The molecule has 3 spiro atoms. The average molecular weight is 1840 g/mol. The molecule has 6 unspecified atom stereocenters. The number of rotatable bonds is 6. The van der Waals surface area contributed by atoms with Crippen LogP contribution in [0.4, 0.5) is 0 Å². The van der Waals surface area contributed by atoms with Gasteiger partial charge in [0.2, 0.25) is 0 Å². The number of hydrogen-bond donors (Lipinski definition) is 0. The zero-order valence-corrected chi connectivity index (χ0v) is 79.5. The molecule has 9 heteroatoms. The number of para-hydroxylation sites is 6. The van der Waals surface area contributed by atoms with Crippen molar-refractivity contribution in [3.8, 4) is 83.8 Å². The molecule has 6 aliphatic carbocycles. The molecule has 0 amide bonds. The number of aliphatic imine (C=N–C) groups is 3. The van der Waals surface area contributed by atoms with Crippen molar-refractivity contribution in [3.05, 3.63) is 557 Å². The molecule has 9 nitrogen and oxygen atoms in total. The second-order valence-corrected chi connectivity index (χ2v) is 40.6. The highest BCUT2D eigenvalue weighted by atomic mass is 15.3. The molecule has 9 heterocycles. The molecule has 0 N–H and O–H groups in total. The summed E-state index contributed by atoms with van der Waals surface area (Å²) in [6.07, 6.45) is 26.0. The largest absolute Gasteiger partial charge is 0.351 e. The summed E-state index contributed by atoms with van der Waals surface area (Å²) >= 11 is 0. The van der Waals surface area contributed by atoms with E-state index >= 15 is 0 Å². The lowest BCUT2D eigenvalue weighted by atomic mass is 9.65. The summed E-state index contributed by atoms with van der Waals surface area (Å²) in [5.74, 6) is 3.16. The van der Waals surface area contributed by atoms with E-state index in [2.05, 4.69) is 523 Å². The minimum absolute atomic E-state index is 0.179. The van der Waals surface area contributed by atoms with Gasteiger partial charge in [-0.05, 0) is 188 Å². The maximum Gasteiger partial charge on any atom is 0.131 e. The van der Waals surface area contributed by atoms with Crippen LogP contribution in [0, 0.1) is 0 Å². The van der Waals surface area contributed by atoms with E-state index in [4.69, 9.17) is 15.0 Å². The van der Waals surface area contributed by atoms with Gasteiger partial charge in [-0.15, -0.1) is 0 Å². The van der Waals surface area contributed by atoms with Gasteiger partial charge < -0.3 is 28.4 Å². The molecule has 678 valence electrons. The standard InChI is InChI=1S/3C45H31N3/c1-47-42-21-11-8-18-39(42)46-44(47)29-24-22-28(23-25-29)30-26-34-33-14-4-9-19-40(33)48-41-20-10-7-17-37(41)45(38(27-30)43(34)48)35-15-5-2-12-31(35)32-13-3-6-16-36(32)45;1-47-41-20-9-7-18-39(41)46-44(47)29-23-21-28(22-24-29)30-25-26-37-42(27-30)48-40-19-8-4-13-33(40)34-14-10-17-38(43(34)48)45(37)35-15-5-2-11-31(35)32-12-3-6-16-36(32)45;1-47-42-20-9-7-18-39(42)46-44(47)29-23-21-28(22-24-29)30-25-26-40-34(27-30)33-13-10-17-38-43(33)48(40)41-19-8-6-16-37(41)45(38)35-14-4-2-11-31(35)32-12-3-5-15-36(32)45/h2-27,39,42H,1H3;2-27,39,41H,1H3;2-27,39,42H,1H3. The van der Waals surface area contributed by atoms with Crippen molar-refractivity contribution in [2.24, 2.45) is 15.0 Å². The van der Waals surface area contributed by atoms with Gasteiger partial charge in [-0.3, -0.25) is 15.0 Å². The number of amidine groups is 3. The van der Waals surface area contributed by atoms with E-state index in [0.29, 0.717) is 12.1 Å². The van der Waals surface area contributed by atoms with Crippen LogP contribution in [0.2, 0.25) is 0 Å². The van der Waals surface area contributed by atoms with Crippen LogP contribution in [0.25, 0.3) is 149 Å². The first-order chi connectivity index (χ1) is 71.2. The van der Waals surface area contributed by atoms with Crippen molar-refractivity contribution < 1.29 is 0 Å². The first-order valence-electron chi connectivity index (χ1n) is 50.6. The fraction of sp³-hybridized carbons (Fsp3) is 0.0889. The van der Waals surface area contributed by atoms with Gasteiger partial charge in [-0.1, -0.05) is 419 Å². The number of benzene rings is 18. The van der Waals surface area contributed by atoms with E-state index in [-0.39, 0.29) is 29.6 Å². The summed E-state index contributed by atoms with van der Waals surface area (Å²) < 4.78 is 7.58. The minimum atomic E-state index is -0.443. The third-order valence-corrected chi connectivity index (χ3v) is 33.9. The SMILES string of the molecule is CN1C(c2ccc(-c3cc4c5c(c3)c3ccccc3n5-c3ccccc3C43c4ccccc4-c4ccccc43)cc2)=NC2C=CC=CC21.CN1C(c2ccc(-c3ccc4c(c3)-n3c5ccccc5c5cccc(c53)C43c4ccccc4-c4ccccc43)cc2)=NC2C=CC=CC21.CN1C(c2ccc(-c3ccc4c(c3)c3cccc5c3n4-c3ccccc3C53c4ccccc4-c4ccccc43)cc2)=NC2C=CC=CC21. The molecule has 6 atom stereocenters. The maximum atomic E-state index is 5.09. The molecule has 21 aromatic rings. The first-order valence-corrected chi connectivity index (χ1v) is 50.6. The number of aromatic nitrogens is 3. The van der Waals surface area contributed by atoms with Crippen LogP contribution in [-0.4, -0.2) is 103 Å². The lowest BCUT2D eigenvalue weighted by molar-refractivity contribution is 0.437. The second-order valence-electron chi connectivity index (χ2n) is 40.6. The van der Waals surface area contributed by atoms with E-state index in [1.165, 1.54) is 216 Å². The number of allylic oxidation sites excluding steroid dienone is 6. The highest BCUT2D eigenvalue weighted by Gasteiger charge is 2.55. The number of fused-ring (bicyclic) bond motifs is 39. The molecule has 3 aromatic heterocycles. The smallest absolute Gasteiger partial charge is 0.131 e. The molecule has 0 fully saturated rings. The Kier molecular flexibility index (Phi) is 17.1. The van der Waals surface area contributed by atoms with Crippen LogP contribution in [0.5, 0.6) is 0 Å². The molecule has 18 aromatic carbocycles. The molecule has 0 bridgehead atoms. The molecular formula is C135H93N9. The summed E-state index contributed by atoms with van der Waals surface area (Å²) in [6.45, 7) is 0. The zero-order chi connectivity index (χ0) is 94.7. The lowest BCUT2D eigenvalue weighted by Gasteiger charge is -2.39. The van der Waals surface area contributed by atoms with Gasteiger partial charge in [-0.25, -0.2) is 0 Å². The van der Waals surface area contributed by atoms with Gasteiger partial charge in [0.05, 0.1) is 103 Å². The molecular weight excluding hydrogens is 1750 g/mol. The van der Waals surface area contributed by atoms with Gasteiger partial charge in [0.15, 0.2) is 0 Å². The van der Waals surface area contributed by atoms with Gasteiger partial charge in [0.1, 0.15) is 17.5 Å². The Hall–Kier alpha value is -17.8. The van der Waals surface area contributed by atoms with Crippen molar-refractivity contribution >= 4 is 82.9 Å². The van der Waals surface area contributed by atoms with Crippen LogP contribution < -0.4 is 0 Å². The third kappa shape index (κ3) is 10.8. The number of nitrogens with zero attached hydrogens (tertiary/aromatic N) is 9. The van der Waals surface area contributed by atoms with Crippen molar-refractivity contribution in [2.75, 3.05) is 21.1 Å². The highest BCUT2D eigenvalue weighted by molar-refractivity contribution is 6.18. The number of likely N-dealkylation sites (N-methyl/N-ethyl adjacent to an activating group) is 3. The molecule has 0 saturated heterocycles. The monoisotopic (exact) mass is 1840 g/mol. The summed E-state index contributed by atoms with van der Waals surface area (Å²) in [4.78, 5) is 22.1.